The van der Waals surface area contributed by atoms with Gasteiger partial charge in [-0.3, -0.25) is 0 Å². The maximum absolute atomic E-state index is 6.25. The molecule has 4 heteroatoms. The Balaban J connectivity index is 1.93. The third kappa shape index (κ3) is 1.97. The number of fused-ring (bicyclic) bond motifs is 1. The monoisotopic (exact) mass is 243 g/mol. The number of aromatic nitrogens is 2. The fourth-order valence-corrected chi connectivity index (χ4v) is 2.76. The van der Waals surface area contributed by atoms with Crippen molar-refractivity contribution in [2.45, 2.75) is 12.5 Å². The Kier molecular flexibility index (Phi) is 2.66. The van der Waals surface area contributed by atoms with Crippen molar-refractivity contribution in [1.82, 2.24) is 9.61 Å². The lowest BCUT2D eigenvalue weighted by Crippen LogP contribution is -2.12. The van der Waals surface area contributed by atoms with Gasteiger partial charge in [-0.25, -0.2) is 4.52 Å². The van der Waals surface area contributed by atoms with Crippen LogP contribution in [0.4, 0.5) is 0 Å². The molecular weight excluding hydrogens is 230 g/mol. The van der Waals surface area contributed by atoms with E-state index in [4.69, 9.17) is 5.73 Å². The summed E-state index contributed by atoms with van der Waals surface area (Å²) in [5.74, 6) is 0. The van der Waals surface area contributed by atoms with E-state index in [-0.39, 0.29) is 6.04 Å². The molecule has 3 heterocycles. The van der Waals surface area contributed by atoms with Gasteiger partial charge < -0.3 is 5.73 Å². The molecule has 0 aliphatic rings. The summed E-state index contributed by atoms with van der Waals surface area (Å²) in [7, 11) is 0. The smallest absolute Gasteiger partial charge is 0.0709 e. The highest BCUT2D eigenvalue weighted by molar-refractivity contribution is 7.09. The molecule has 86 valence electrons. The molecule has 0 saturated heterocycles. The van der Waals surface area contributed by atoms with Gasteiger partial charge in [-0.15, -0.1) is 11.3 Å². The van der Waals surface area contributed by atoms with Gasteiger partial charge in [-0.2, -0.15) is 5.10 Å². The molecule has 0 saturated carbocycles. The summed E-state index contributed by atoms with van der Waals surface area (Å²) in [6, 6.07) is 10.2. The number of thiophene rings is 1. The molecule has 1 atom stereocenters. The van der Waals surface area contributed by atoms with Crippen molar-refractivity contribution in [2.24, 2.45) is 5.73 Å². The number of pyridine rings is 1. The van der Waals surface area contributed by atoms with E-state index in [0.717, 1.165) is 17.5 Å². The molecule has 0 aliphatic carbocycles. The lowest BCUT2D eigenvalue weighted by Gasteiger charge is -2.08. The minimum absolute atomic E-state index is 0.00792. The maximum Gasteiger partial charge on any atom is 0.0709 e. The first kappa shape index (κ1) is 10.5. The molecule has 3 nitrogen and oxygen atoms in total. The average molecular weight is 243 g/mol. The van der Waals surface area contributed by atoms with Crippen LogP contribution < -0.4 is 5.73 Å². The van der Waals surface area contributed by atoms with E-state index in [9.17, 15) is 0 Å². The minimum Gasteiger partial charge on any atom is -0.324 e. The zero-order chi connectivity index (χ0) is 11.7. The molecule has 0 aromatic carbocycles. The molecule has 1 unspecified atom stereocenters. The van der Waals surface area contributed by atoms with Gasteiger partial charge in [0.2, 0.25) is 0 Å². The zero-order valence-corrected chi connectivity index (χ0v) is 10.1. The summed E-state index contributed by atoms with van der Waals surface area (Å²) in [6.07, 6.45) is 4.68. The number of nitrogens with two attached hydrogens (primary N) is 1. The summed E-state index contributed by atoms with van der Waals surface area (Å²) < 4.78 is 1.86. The first-order valence-corrected chi connectivity index (χ1v) is 6.43. The predicted molar refractivity (Wildman–Crippen MR) is 70.1 cm³/mol. The van der Waals surface area contributed by atoms with Gasteiger partial charge in [0.05, 0.1) is 11.7 Å². The number of hydrogen-bond donors (Lipinski definition) is 1. The summed E-state index contributed by atoms with van der Waals surface area (Å²) >= 11 is 1.75. The highest BCUT2D eigenvalue weighted by atomic mass is 32.1. The second-order valence-electron chi connectivity index (χ2n) is 4.02. The van der Waals surface area contributed by atoms with Gasteiger partial charge >= 0.3 is 0 Å². The topological polar surface area (TPSA) is 43.3 Å². The van der Waals surface area contributed by atoms with Crippen LogP contribution in [0.3, 0.4) is 0 Å². The van der Waals surface area contributed by atoms with Crippen LogP contribution in [0.2, 0.25) is 0 Å². The highest BCUT2D eigenvalue weighted by Crippen LogP contribution is 2.22. The van der Waals surface area contributed by atoms with Gasteiger partial charge in [0.15, 0.2) is 0 Å². The molecule has 3 rings (SSSR count). The van der Waals surface area contributed by atoms with Crippen molar-refractivity contribution >= 4 is 16.9 Å². The SMILES string of the molecule is NC(Cc1cccs1)c1cnn2ccccc12. The Morgan fingerprint density at radius 3 is 3.06 bits per heavy atom. The van der Waals surface area contributed by atoms with E-state index < -0.39 is 0 Å². The van der Waals surface area contributed by atoms with Crippen LogP contribution in [-0.4, -0.2) is 9.61 Å². The molecule has 0 fully saturated rings. The molecule has 0 amide bonds. The highest BCUT2D eigenvalue weighted by Gasteiger charge is 2.12. The molecule has 0 radical (unpaired) electrons. The second-order valence-corrected chi connectivity index (χ2v) is 5.05. The zero-order valence-electron chi connectivity index (χ0n) is 9.28. The molecule has 0 aliphatic heterocycles. The maximum atomic E-state index is 6.25. The fraction of sp³-hybridized carbons (Fsp3) is 0.154. The molecule has 17 heavy (non-hydrogen) atoms. The van der Waals surface area contributed by atoms with Crippen molar-refractivity contribution in [3.8, 4) is 0 Å². The first-order valence-electron chi connectivity index (χ1n) is 5.55. The summed E-state index contributed by atoms with van der Waals surface area (Å²) in [5, 5.41) is 6.39. The Bertz CT molecular complexity index is 612. The van der Waals surface area contributed by atoms with Gasteiger partial charge in [-0.05, 0) is 23.6 Å². The molecule has 0 bridgehead atoms. The lowest BCUT2D eigenvalue weighted by molar-refractivity contribution is 0.736. The predicted octanol–water partition coefficient (Wildman–Crippen LogP) is 2.64. The Labute approximate surface area is 104 Å². The average Bonchev–Trinajstić information content (AvgIpc) is 2.96. The fourth-order valence-electron chi connectivity index (χ4n) is 2.00. The van der Waals surface area contributed by atoms with Crippen molar-refractivity contribution in [1.29, 1.82) is 0 Å². The van der Waals surface area contributed by atoms with Gasteiger partial charge in [0.1, 0.15) is 0 Å². The second kappa shape index (κ2) is 4.31. The number of rotatable bonds is 3. The third-order valence-corrected chi connectivity index (χ3v) is 3.76. The van der Waals surface area contributed by atoms with Crippen LogP contribution in [0.25, 0.3) is 5.52 Å². The normalized spacial score (nSPS) is 13.0. The van der Waals surface area contributed by atoms with E-state index in [1.165, 1.54) is 4.88 Å². The van der Waals surface area contributed by atoms with Crippen molar-refractivity contribution in [2.75, 3.05) is 0 Å². The van der Waals surface area contributed by atoms with E-state index in [1.807, 2.05) is 29.0 Å². The van der Waals surface area contributed by atoms with E-state index in [0.29, 0.717) is 0 Å². The Morgan fingerprint density at radius 2 is 2.24 bits per heavy atom. The quantitative estimate of drug-likeness (QED) is 0.768. The molecule has 3 aromatic rings. The summed E-state index contributed by atoms with van der Waals surface area (Å²) in [4.78, 5) is 1.31. The van der Waals surface area contributed by atoms with Crippen LogP contribution in [0.15, 0.2) is 48.1 Å². The van der Waals surface area contributed by atoms with E-state index in [2.05, 4.69) is 28.7 Å². The number of nitrogens with zero attached hydrogens (tertiary/aromatic N) is 2. The lowest BCUT2D eigenvalue weighted by atomic mass is 10.1. The van der Waals surface area contributed by atoms with Crippen LogP contribution >= 0.6 is 11.3 Å². The summed E-state index contributed by atoms with van der Waals surface area (Å²) in [6.45, 7) is 0. The third-order valence-electron chi connectivity index (χ3n) is 2.86. The van der Waals surface area contributed by atoms with Gasteiger partial charge in [-0.1, -0.05) is 12.1 Å². The molecule has 3 aromatic heterocycles. The van der Waals surface area contributed by atoms with Gasteiger partial charge in [0.25, 0.3) is 0 Å². The number of hydrogen-bond acceptors (Lipinski definition) is 3. The van der Waals surface area contributed by atoms with Crippen molar-refractivity contribution in [3.05, 3.63) is 58.5 Å². The van der Waals surface area contributed by atoms with Crippen molar-refractivity contribution < 1.29 is 0 Å². The molecule has 2 N–H and O–H groups in total. The molecule has 0 spiro atoms. The van der Waals surface area contributed by atoms with Crippen LogP contribution in [-0.2, 0) is 6.42 Å². The van der Waals surface area contributed by atoms with E-state index >= 15 is 0 Å². The van der Waals surface area contributed by atoms with Crippen molar-refractivity contribution in [3.63, 3.8) is 0 Å². The first-order chi connectivity index (χ1) is 8.34. The Morgan fingerprint density at radius 1 is 1.29 bits per heavy atom. The van der Waals surface area contributed by atoms with Gasteiger partial charge in [0, 0.05) is 29.1 Å². The van der Waals surface area contributed by atoms with E-state index in [1.54, 1.807) is 11.3 Å². The van der Waals surface area contributed by atoms with Crippen LogP contribution in [0.5, 0.6) is 0 Å². The van der Waals surface area contributed by atoms with Crippen LogP contribution in [0, 0.1) is 0 Å². The summed E-state index contributed by atoms with van der Waals surface area (Å²) in [5.41, 5.74) is 8.45. The largest absolute Gasteiger partial charge is 0.324 e. The Hall–Kier alpha value is -1.65. The minimum atomic E-state index is 0.00792. The molecular formula is C13H13N3S. The standard InChI is InChI=1S/C13H13N3S/c14-12(8-10-4-3-7-17-10)11-9-15-16-6-2-1-5-13(11)16/h1-7,9,12H,8,14H2. The van der Waals surface area contributed by atoms with Crippen LogP contribution in [0.1, 0.15) is 16.5 Å².